The average Bonchev–Trinajstić information content (AvgIpc) is 2.67. The molecule has 0 bridgehead atoms. The number of pyridine rings is 1. The number of primary amides is 1. The highest BCUT2D eigenvalue weighted by atomic mass is 16.1. The number of hydrogen-bond donors (Lipinski definition) is 2. The molecular weight excluding hydrogens is 314 g/mol. The maximum Gasteiger partial charge on any atom is 0.248 e. The Labute approximate surface area is 146 Å². The van der Waals surface area contributed by atoms with Crippen molar-refractivity contribution in [2.75, 3.05) is 11.9 Å². The molecule has 0 spiro atoms. The topological polar surface area (TPSA) is 93.8 Å². The van der Waals surface area contributed by atoms with Crippen LogP contribution < -0.4 is 11.1 Å². The van der Waals surface area contributed by atoms with Crippen molar-refractivity contribution in [1.29, 1.82) is 0 Å². The van der Waals surface area contributed by atoms with Gasteiger partial charge in [-0.15, -0.1) is 0 Å². The Bertz CT molecular complexity index is 849. The predicted molar refractivity (Wildman–Crippen MR) is 97.1 cm³/mol. The second-order valence-electron chi connectivity index (χ2n) is 5.78. The molecule has 0 saturated heterocycles. The van der Waals surface area contributed by atoms with Crippen molar-refractivity contribution in [3.8, 4) is 11.1 Å². The van der Waals surface area contributed by atoms with Gasteiger partial charge in [-0.05, 0) is 29.8 Å². The Morgan fingerprint density at radius 3 is 2.56 bits per heavy atom. The molecule has 1 aromatic carbocycles. The highest BCUT2D eigenvalue weighted by molar-refractivity contribution is 5.94. The molecule has 0 aliphatic carbocycles. The Morgan fingerprint density at radius 2 is 1.88 bits per heavy atom. The van der Waals surface area contributed by atoms with E-state index >= 15 is 0 Å². The van der Waals surface area contributed by atoms with Crippen LogP contribution in [0.25, 0.3) is 11.1 Å². The van der Waals surface area contributed by atoms with Gasteiger partial charge >= 0.3 is 0 Å². The van der Waals surface area contributed by atoms with Gasteiger partial charge in [-0.3, -0.25) is 9.78 Å². The first kappa shape index (κ1) is 16.6. The molecule has 1 amide bonds. The number of nitrogens with two attached hydrogens (primary N) is 1. The molecule has 3 N–H and O–H groups in total. The lowest BCUT2D eigenvalue weighted by molar-refractivity contribution is 0.100. The van der Waals surface area contributed by atoms with E-state index in [1.807, 2.05) is 24.3 Å². The molecule has 0 aliphatic heterocycles. The second-order valence-corrected chi connectivity index (χ2v) is 5.78. The third-order valence-corrected chi connectivity index (χ3v) is 3.89. The van der Waals surface area contributed by atoms with Crippen LogP contribution in [0.1, 0.15) is 28.9 Å². The maximum atomic E-state index is 11.3. The molecule has 1 atom stereocenters. The first-order valence-electron chi connectivity index (χ1n) is 8.00. The van der Waals surface area contributed by atoms with E-state index in [9.17, 15) is 4.79 Å². The molecule has 2 aromatic heterocycles. The summed E-state index contributed by atoms with van der Waals surface area (Å²) in [7, 11) is 0. The molecule has 0 fully saturated rings. The van der Waals surface area contributed by atoms with Crippen LogP contribution in [0.4, 0.5) is 5.95 Å². The lowest BCUT2D eigenvalue weighted by atomic mass is 10.1. The van der Waals surface area contributed by atoms with Crippen LogP contribution in [0.2, 0.25) is 0 Å². The fourth-order valence-corrected chi connectivity index (χ4v) is 2.44. The molecule has 6 heteroatoms. The third-order valence-electron chi connectivity index (χ3n) is 3.89. The van der Waals surface area contributed by atoms with Gasteiger partial charge in [0, 0.05) is 47.9 Å². The molecule has 126 valence electrons. The molecule has 3 rings (SSSR count). The standard InChI is InChI=1S/C19H19N5O/c1-13(17-7-2-3-8-21-17)10-22-19-23-11-16(12-24-19)14-5-4-6-15(9-14)18(20)25/h2-9,11-13H,10H2,1H3,(H2,20,25)(H,22,23,24). The first-order valence-corrected chi connectivity index (χ1v) is 8.00. The van der Waals surface area contributed by atoms with Gasteiger partial charge in [0.2, 0.25) is 11.9 Å². The van der Waals surface area contributed by atoms with Crippen LogP contribution >= 0.6 is 0 Å². The van der Waals surface area contributed by atoms with Gasteiger partial charge in [0.1, 0.15) is 0 Å². The lowest BCUT2D eigenvalue weighted by Crippen LogP contribution is -2.12. The summed E-state index contributed by atoms with van der Waals surface area (Å²) < 4.78 is 0. The fourth-order valence-electron chi connectivity index (χ4n) is 2.44. The summed E-state index contributed by atoms with van der Waals surface area (Å²) in [5.74, 6) is 0.346. The minimum absolute atomic E-state index is 0.247. The zero-order chi connectivity index (χ0) is 17.6. The number of rotatable bonds is 6. The van der Waals surface area contributed by atoms with Crippen LogP contribution in [-0.2, 0) is 0 Å². The fraction of sp³-hybridized carbons (Fsp3) is 0.158. The molecule has 0 radical (unpaired) electrons. The zero-order valence-electron chi connectivity index (χ0n) is 13.9. The summed E-state index contributed by atoms with van der Waals surface area (Å²) in [6.45, 7) is 2.78. The van der Waals surface area contributed by atoms with Crippen molar-refractivity contribution in [1.82, 2.24) is 15.0 Å². The molecule has 2 heterocycles. The molecule has 3 aromatic rings. The SMILES string of the molecule is CC(CNc1ncc(-c2cccc(C(N)=O)c2)cn1)c1ccccn1. The Morgan fingerprint density at radius 1 is 1.08 bits per heavy atom. The van der Waals surface area contributed by atoms with Crippen molar-refractivity contribution in [2.45, 2.75) is 12.8 Å². The highest BCUT2D eigenvalue weighted by Gasteiger charge is 2.08. The number of carbonyl (C=O) groups excluding carboxylic acids is 1. The molecule has 0 aliphatic rings. The van der Waals surface area contributed by atoms with Gasteiger partial charge in [-0.2, -0.15) is 0 Å². The Kier molecular flexibility index (Phi) is 4.99. The molecule has 0 saturated carbocycles. The lowest BCUT2D eigenvalue weighted by Gasteiger charge is -2.12. The molecule has 1 unspecified atom stereocenters. The Balaban J connectivity index is 1.66. The van der Waals surface area contributed by atoms with E-state index in [1.165, 1.54) is 0 Å². The molecule has 25 heavy (non-hydrogen) atoms. The van der Waals surface area contributed by atoms with E-state index in [2.05, 4.69) is 27.2 Å². The van der Waals surface area contributed by atoms with E-state index < -0.39 is 5.91 Å². The van der Waals surface area contributed by atoms with Gasteiger partial charge in [0.15, 0.2) is 0 Å². The number of benzene rings is 1. The van der Waals surface area contributed by atoms with Crippen molar-refractivity contribution < 1.29 is 4.79 Å². The number of anilines is 1. The number of amides is 1. The molecule has 6 nitrogen and oxygen atoms in total. The van der Waals surface area contributed by atoms with Crippen LogP contribution in [0.3, 0.4) is 0 Å². The number of hydrogen-bond acceptors (Lipinski definition) is 5. The summed E-state index contributed by atoms with van der Waals surface area (Å²) in [5, 5.41) is 3.21. The number of carbonyl (C=O) groups is 1. The summed E-state index contributed by atoms with van der Waals surface area (Å²) in [4.78, 5) is 24.3. The van der Waals surface area contributed by atoms with E-state index in [1.54, 1.807) is 36.8 Å². The molecular formula is C19H19N5O. The maximum absolute atomic E-state index is 11.3. The van der Waals surface area contributed by atoms with E-state index in [4.69, 9.17) is 5.73 Å². The van der Waals surface area contributed by atoms with Gasteiger partial charge in [0.25, 0.3) is 0 Å². The highest BCUT2D eigenvalue weighted by Crippen LogP contribution is 2.20. The van der Waals surface area contributed by atoms with Crippen LogP contribution in [0, 0.1) is 0 Å². The van der Waals surface area contributed by atoms with Gasteiger partial charge in [0.05, 0.1) is 0 Å². The quantitative estimate of drug-likeness (QED) is 0.723. The van der Waals surface area contributed by atoms with Gasteiger partial charge in [-0.25, -0.2) is 9.97 Å². The summed E-state index contributed by atoms with van der Waals surface area (Å²) in [5.41, 5.74) is 8.48. The van der Waals surface area contributed by atoms with Crippen LogP contribution in [0.5, 0.6) is 0 Å². The monoisotopic (exact) mass is 333 g/mol. The van der Waals surface area contributed by atoms with Crippen molar-refractivity contribution in [3.63, 3.8) is 0 Å². The second kappa shape index (κ2) is 7.53. The summed E-state index contributed by atoms with van der Waals surface area (Å²) in [6, 6.07) is 13.0. The summed E-state index contributed by atoms with van der Waals surface area (Å²) in [6.07, 6.45) is 5.24. The minimum atomic E-state index is -0.454. The largest absolute Gasteiger partial charge is 0.366 e. The zero-order valence-corrected chi connectivity index (χ0v) is 13.9. The predicted octanol–water partition coefficient (Wildman–Crippen LogP) is 2.85. The van der Waals surface area contributed by atoms with Crippen molar-refractivity contribution in [2.24, 2.45) is 5.73 Å². The first-order chi connectivity index (χ1) is 12.1. The van der Waals surface area contributed by atoms with E-state index in [0.717, 1.165) is 16.8 Å². The van der Waals surface area contributed by atoms with Crippen LogP contribution in [0.15, 0.2) is 61.1 Å². The van der Waals surface area contributed by atoms with Crippen LogP contribution in [-0.4, -0.2) is 27.4 Å². The Hall–Kier alpha value is -3.28. The average molecular weight is 333 g/mol. The number of nitrogens with zero attached hydrogens (tertiary/aromatic N) is 3. The minimum Gasteiger partial charge on any atom is -0.366 e. The summed E-state index contributed by atoms with van der Waals surface area (Å²) >= 11 is 0. The normalized spacial score (nSPS) is 11.7. The van der Waals surface area contributed by atoms with Gasteiger partial charge in [-0.1, -0.05) is 25.1 Å². The van der Waals surface area contributed by atoms with Crippen molar-refractivity contribution >= 4 is 11.9 Å². The van der Waals surface area contributed by atoms with Gasteiger partial charge < -0.3 is 11.1 Å². The number of nitrogens with one attached hydrogen (secondary N) is 1. The van der Waals surface area contributed by atoms with Crippen molar-refractivity contribution in [3.05, 3.63) is 72.3 Å². The third kappa shape index (κ3) is 4.17. The van der Waals surface area contributed by atoms with E-state index in [-0.39, 0.29) is 5.92 Å². The van der Waals surface area contributed by atoms with E-state index in [0.29, 0.717) is 18.1 Å². The number of aromatic nitrogens is 3. The smallest absolute Gasteiger partial charge is 0.248 e.